The Morgan fingerprint density at radius 1 is 1.15 bits per heavy atom. The molecule has 0 spiro atoms. The van der Waals surface area contributed by atoms with Crippen LogP contribution in [0.3, 0.4) is 0 Å². The summed E-state index contributed by atoms with van der Waals surface area (Å²) in [6.45, 7) is 6.78. The maximum absolute atomic E-state index is 13.4. The standard InChI is InChI=1S/C26H25Cl3N2O2S/c1-26(2,3)15-4-9-19-21(11-15)34-25(30-13-14-10-17(28)12-20(29)23(14)32)22(19)24(33)31-18-7-5-16(27)6-8-18/h5-8,10,12-13,15,32H,4,9,11H2,1-3H3,(H,31,33)/t15-/m0/s1. The number of halogens is 3. The molecule has 3 aromatic rings. The van der Waals surface area contributed by atoms with Crippen molar-refractivity contribution in [1.29, 1.82) is 0 Å². The molecule has 1 amide bonds. The lowest BCUT2D eigenvalue weighted by Gasteiger charge is -2.33. The van der Waals surface area contributed by atoms with Crippen molar-refractivity contribution in [3.8, 4) is 5.75 Å². The van der Waals surface area contributed by atoms with Crippen molar-refractivity contribution >= 4 is 68.9 Å². The van der Waals surface area contributed by atoms with Crippen LogP contribution in [0, 0.1) is 11.3 Å². The van der Waals surface area contributed by atoms with Gasteiger partial charge in [-0.15, -0.1) is 11.3 Å². The Labute approximate surface area is 218 Å². The van der Waals surface area contributed by atoms with Gasteiger partial charge in [-0.05, 0) is 72.6 Å². The van der Waals surface area contributed by atoms with Gasteiger partial charge in [-0.2, -0.15) is 0 Å². The zero-order valence-electron chi connectivity index (χ0n) is 19.1. The lowest BCUT2D eigenvalue weighted by atomic mass is 9.72. The summed E-state index contributed by atoms with van der Waals surface area (Å²) < 4.78 is 0. The molecule has 1 atom stereocenters. The van der Waals surface area contributed by atoms with E-state index < -0.39 is 0 Å². The molecule has 34 heavy (non-hydrogen) atoms. The number of hydrogen-bond donors (Lipinski definition) is 2. The van der Waals surface area contributed by atoms with Gasteiger partial charge in [0.1, 0.15) is 10.8 Å². The second-order valence-corrected chi connectivity index (χ2v) is 11.9. The minimum atomic E-state index is -0.213. The van der Waals surface area contributed by atoms with Crippen LogP contribution in [0.15, 0.2) is 41.4 Å². The number of aliphatic imine (C=N–C) groups is 1. The highest BCUT2D eigenvalue weighted by Crippen LogP contribution is 2.45. The second kappa shape index (κ2) is 9.90. The van der Waals surface area contributed by atoms with Crippen molar-refractivity contribution in [2.45, 2.75) is 40.0 Å². The first-order valence-corrected chi connectivity index (χ1v) is 12.9. The first-order chi connectivity index (χ1) is 16.0. The number of nitrogens with one attached hydrogen (secondary N) is 1. The van der Waals surface area contributed by atoms with E-state index in [-0.39, 0.29) is 22.1 Å². The topological polar surface area (TPSA) is 61.7 Å². The summed E-state index contributed by atoms with van der Waals surface area (Å²) in [6, 6.07) is 10.1. The molecular formula is C26H25Cl3N2O2S. The number of aromatic hydroxyl groups is 1. The first kappa shape index (κ1) is 25.1. The maximum atomic E-state index is 13.4. The summed E-state index contributed by atoms with van der Waals surface area (Å²) in [5, 5.41) is 15.0. The van der Waals surface area contributed by atoms with Crippen LogP contribution in [0.2, 0.25) is 15.1 Å². The molecule has 0 unspecified atom stereocenters. The second-order valence-electron chi connectivity index (χ2n) is 9.53. The van der Waals surface area contributed by atoms with E-state index in [0.29, 0.717) is 37.8 Å². The monoisotopic (exact) mass is 534 g/mol. The molecule has 4 nitrogen and oxygen atoms in total. The van der Waals surface area contributed by atoms with Crippen LogP contribution in [0.4, 0.5) is 10.7 Å². The van der Waals surface area contributed by atoms with Crippen LogP contribution < -0.4 is 5.32 Å². The smallest absolute Gasteiger partial charge is 0.259 e. The number of phenolic OH excluding ortho intramolecular Hbond substituents is 1. The number of carbonyl (C=O) groups excluding carboxylic acids is 1. The minimum Gasteiger partial charge on any atom is -0.506 e. The predicted octanol–water partition coefficient (Wildman–Crippen LogP) is 8.57. The molecule has 0 radical (unpaired) electrons. The Bertz CT molecular complexity index is 1260. The summed E-state index contributed by atoms with van der Waals surface area (Å²) in [5.74, 6) is 0.212. The van der Waals surface area contributed by atoms with Crippen molar-refractivity contribution in [2.75, 3.05) is 5.32 Å². The van der Waals surface area contributed by atoms with E-state index in [0.717, 1.165) is 24.8 Å². The van der Waals surface area contributed by atoms with Crippen molar-refractivity contribution < 1.29 is 9.90 Å². The third-order valence-corrected chi connectivity index (χ3v) is 8.10. The lowest BCUT2D eigenvalue weighted by Crippen LogP contribution is -2.27. The molecule has 0 bridgehead atoms. The van der Waals surface area contributed by atoms with Crippen molar-refractivity contribution in [2.24, 2.45) is 16.3 Å². The van der Waals surface area contributed by atoms with E-state index in [1.54, 1.807) is 30.3 Å². The molecule has 0 saturated heterocycles. The number of phenols is 1. The summed E-state index contributed by atoms with van der Waals surface area (Å²) in [7, 11) is 0. The van der Waals surface area contributed by atoms with E-state index in [1.807, 2.05) is 0 Å². The zero-order chi connectivity index (χ0) is 24.6. The molecule has 0 aliphatic heterocycles. The molecule has 4 rings (SSSR count). The average molecular weight is 536 g/mol. The number of hydrogen-bond acceptors (Lipinski definition) is 4. The Kier molecular flexibility index (Phi) is 7.30. The molecule has 0 saturated carbocycles. The summed E-state index contributed by atoms with van der Waals surface area (Å²) in [4.78, 5) is 19.2. The fourth-order valence-electron chi connectivity index (χ4n) is 4.18. The Hall–Kier alpha value is -2.05. The lowest BCUT2D eigenvalue weighted by molar-refractivity contribution is 0.102. The molecule has 2 aromatic carbocycles. The Morgan fingerprint density at radius 3 is 2.53 bits per heavy atom. The van der Waals surface area contributed by atoms with Gasteiger partial charge in [0, 0.05) is 32.4 Å². The first-order valence-electron chi connectivity index (χ1n) is 11.0. The van der Waals surface area contributed by atoms with E-state index >= 15 is 0 Å². The highest BCUT2D eigenvalue weighted by atomic mass is 35.5. The number of thiophene rings is 1. The number of amides is 1. The van der Waals surface area contributed by atoms with Crippen LogP contribution in [-0.4, -0.2) is 17.2 Å². The predicted molar refractivity (Wildman–Crippen MR) is 144 cm³/mol. The van der Waals surface area contributed by atoms with Gasteiger partial charge >= 0.3 is 0 Å². The van der Waals surface area contributed by atoms with Gasteiger partial charge in [-0.3, -0.25) is 4.79 Å². The van der Waals surface area contributed by atoms with Crippen LogP contribution in [-0.2, 0) is 12.8 Å². The molecule has 1 aliphatic carbocycles. The van der Waals surface area contributed by atoms with Gasteiger partial charge in [0.05, 0.1) is 10.6 Å². The van der Waals surface area contributed by atoms with Crippen LogP contribution in [0.25, 0.3) is 0 Å². The zero-order valence-corrected chi connectivity index (χ0v) is 22.2. The molecule has 8 heteroatoms. The molecular weight excluding hydrogens is 511 g/mol. The van der Waals surface area contributed by atoms with Crippen molar-refractivity contribution in [3.05, 3.63) is 73.0 Å². The molecule has 2 N–H and O–H groups in total. The van der Waals surface area contributed by atoms with Crippen LogP contribution in [0.5, 0.6) is 5.75 Å². The largest absolute Gasteiger partial charge is 0.506 e. The van der Waals surface area contributed by atoms with Gasteiger partial charge in [0.15, 0.2) is 0 Å². The third-order valence-electron chi connectivity index (χ3n) is 6.18. The van der Waals surface area contributed by atoms with Gasteiger partial charge in [0.25, 0.3) is 5.91 Å². The highest BCUT2D eigenvalue weighted by molar-refractivity contribution is 7.16. The Balaban J connectivity index is 1.73. The summed E-state index contributed by atoms with van der Waals surface area (Å²) in [6.07, 6.45) is 4.25. The quantitative estimate of drug-likeness (QED) is 0.329. The number of rotatable bonds is 4. The van der Waals surface area contributed by atoms with Gasteiger partial charge in [0.2, 0.25) is 0 Å². The normalized spacial score (nSPS) is 16.0. The molecule has 0 fully saturated rings. The van der Waals surface area contributed by atoms with Crippen molar-refractivity contribution in [1.82, 2.24) is 0 Å². The van der Waals surface area contributed by atoms with Gasteiger partial charge in [-0.25, -0.2) is 4.99 Å². The van der Waals surface area contributed by atoms with E-state index in [1.165, 1.54) is 28.5 Å². The van der Waals surface area contributed by atoms with Gasteiger partial charge in [-0.1, -0.05) is 55.6 Å². The number of nitrogens with zero attached hydrogens (tertiary/aromatic N) is 1. The van der Waals surface area contributed by atoms with Crippen molar-refractivity contribution in [3.63, 3.8) is 0 Å². The number of carbonyl (C=O) groups is 1. The average Bonchev–Trinajstić information content (AvgIpc) is 3.14. The number of benzene rings is 2. The molecule has 178 valence electrons. The van der Waals surface area contributed by atoms with Crippen LogP contribution >= 0.6 is 46.1 Å². The number of fused-ring (bicyclic) bond motifs is 1. The number of anilines is 1. The third kappa shape index (κ3) is 5.44. The fourth-order valence-corrected chi connectivity index (χ4v) is 6.08. The molecule has 1 aliphatic rings. The van der Waals surface area contributed by atoms with Crippen LogP contribution in [0.1, 0.15) is 53.6 Å². The van der Waals surface area contributed by atoms with E-state index in [2.05, 4.69) is 31.1 Å². The van der Waals surface area contributed by atoms with Gasteiger partial charge < -0.3 is 10.4 Å². The molecule has 1 heterocycles. The maximum Gasteiger partial charge on any atom is 0.259 e. The summed E-state index contributed by atoms with van der Waals surface area (Å²) >= 11 is 19.7. The highest BCUT2D eigenvalue weighted by Gasteiger charge is 2.33. The summed E-state index contributed by atoms with van der Waals surface area (Å²) in [5.41, 5.74) is 2.86. The van der Waals surface area contributed by atoms with E-state index in [4.69, 9.17) is 34.8 Å². The Morgan fingerprint density at radius 2 is 1.85 bits per heavy atom. The SMILES string of the molecule is CC(C)(C)[C@H]1CCc2c(sc(N=Cc3cc(Cl)cc(Cl)c3O)c2C(=O)Nc2ccc(Cl)cc2)C1. The van der Waals surface area contributed by atoms with E-state index in [9.17, 15) is 9.90 Å². The minimum absolute atomic E-state index is 0.101. The molecule has 1 aromatic heterocycles. The fraction of sp³-hybridized carbons (Fsp3) is 0.308.